The molecule has 1 atom stereocenters. The third-order valence-electron chi connectivity index (χ3n) is 3.81. The number of amides is 1. The lowest BCUT2D eigenvalue weighted by molar-refractivity contribution is -0.130. The molecule has 1 aromatic heterocycles. The maximum atomic E-state index is 12.2. The van der Waals surface area contributed by atoms with E-state index in [1.807, 2.05) is 50.2 Å². The summed E-state index contributed by atoms with van der Waals surface area (Å²) < 4.78 is 11.2. The number of carbonyl (C=O) groups is 1. The van der Waals surface area contributed by atoms with E-state index in [0.29, 0.717) is 30.5 Å². The molecule has 2 aromatic rings. The quantitative estimate of drug-likeness (QED) is 0.752. The summed E-state index contributed by atoms with van der Waals surface area (Å²) in [5.41, 5.74) is 0.877. The van der Waals surface area contributed by atoms with E-state index in [9.17, 15) is 4.79 Å². The van der Waals surface area contributed by atoms with Gasteiger partial charge in [0.1, 0.15) is 12.4 Å². The van der Waals surface area contributed by atoms with Crippen molar-refractivity contribution >= 4 is 17.7 Å². The SMILES string of the molecule is Cc1cc(N(C)C)nc(NCCNC(=O)C2COc3ccccc3O2)n1. The largest absolute Gasteiger partial charge is 0.485 e. The summed E-state index contributed by atoms with van der Waals surface area (Å²) in [6, 6.07) is 9.22. The van der Waals surface area contributed by atoms with Crippen LogP contribution in [-0.4, -0.2) is 55.8 Å². The van der Waals surface area contributed by atoms with Crippen molar-refractivity contribution in [3.05, 3.63) is 36.0 Å². The molecule has 3 rings (SSSR count). The Morgan fingerprint density at radius 2 is 2.00 bits per heavy atom. The van der Waals surface area contributed by atoms with E-state index in [0.717, 1.165) is 11.5 Å². The van der Waals surface area contributed by atoms with E-state index in [4.69, 9.17) is 9.47 Å². The van der Waals surface area contributed by atoms with E-state index < -0.39 is 6.10 Å². The first-order valence-electron chi connectivity index (χ1n) is 8.46. The Kier molecular flexibility index (Phi) is 5.40. The number of fused-ring (bicyclic) bond motifs is 1. The van der Waals surface area contributed by atoms with Crippen LogP contribution < -0.4 is 25.0 Å². The van der Waals surface area contributed by atoms with Gasteiger partial charge in [-0.1, -0.05) is 12.1 Å². The Balaban J connectivity index is 1.46. The summed E-state index contributed by atoms with van der Waals surface area (Å²) in [7, 11) is 3.85. The number of nitrogens with zero attached hydrogens (tertiary/aromatic N) is 3. The minimum atomic E-state index is -0.652. The number of ether oxygens (including phenoxy) is 2. The lowest BCUT2D eigenvalue weighted by Crippen LogP contribution is -2.45. The van der Waals surface area contributed by atoms with Gasteiger partial charge in [0.25, 0.3) is 5.91 Å². The minimum absolute atomic E-state index is 0.198. The second-order valence-corrected chi connectivity index (χ2v) is 6.17. The molecule has 8 heteroatoms. The van der Waals surface area contributed by atoms with Crippen LogP contribution in [0.25, 0.3) is 0 Å². The zero-order valence-electron chi connectivity index (χ0n) is 15.2. The molecule has 1 aliphatic heterocycles. The maximum absolute atomic E-state index is 12.2. The molecule has 138 valence electrons. The zero-order valence-corrected chi connectivity index (χ0v) is 15.2. The van der Waals surface area contributed by atoms with Crippen molar-refractivity contribution in [3.63, 3.8) is 0 Å². The van der Waals surface area contributed by atoms with Gasteiger partial charge in [0, 0.05) is 38.9 Å². The molecule has 8 nitrogen and oxygen atoms in total. The highest BCUT2D eigenvalue weighted by Gasteiger charge is 2.26. The number of hydrogen-bond donors (Lipinski definition) is 2. The van der Waals surface area contributed by atoms with E-state index in [1.165, 1.54) is 0 Å². The first-order chi connectivity index (χ1) is 12.5. The molecule has 1 unspecified atom stereocenters. The standard InChI is InChI=1S/C18H23N5O3/c1-12-10-16(23(2)3)22-18(21-12)20-9-8-19-17(24)15-11-25-13-6-4-5-7-14(13)26-15/h4-7,10,15H,8-9,11H2,1-3H3,(H,19,24)(H,20,21,22). The number of hydrogen-bond acceptors (Lipinski definition) is 7. The fraction of sp³-hybridized carbons (Fsp3) is 0.389. The molecular formula is C18H23N5O3. The van der Waals surface area contributed by atoms with Crippen LogP contribution in [0.15, 0.2) is 30.3 Å². The molecule has 2 heterocycles. The van der Waals surface area contributed by atoms with Gasteiger partial charge in [-0.15, -0.1) is 0 Å². The highest BCUT2D eigenvalue weighted by molar-refractivity contribution is 5.81. The molecule has 0 aliphatic carbocycles. The topological polar surface area (TPSA) is 88.6 Å². The summed E-state index contributed by atoms with van der Waals surface area (Å²) in [5.74, 6) is 2.40. The number of aromatic nitrogens is 2. The second-order valence-electron chi connectivity index (χ2n) is 6.17. The molecule has 0 bridgehead atoms. The highest BCUT2D eigenvalue weighted by Crippen LogP contribution is 2.30. The molecular weight excluding hydrogens is 334 g/mol. The normalized spacial score (nSPS) is 15.3. The number of aryl methyl sites for hydroxylation is 1. The van der Waals surface area contributed by atoms with E-state index in [1.54, 1.807) is 6.07 Å². The molecule has 1 aliphatic rings. The van der Waals surface area contributed by atoms with Gasteiger partial charge in [-0.2, -0.15) is 4.98 Å². The Morgan fingerprint density at radius 1 is 1.23 bits per heavy atom. The number of anilines is 2. The van der Waals surface area contributed by atoms with Gasteiger partial charge >= 0.3 is 0 Å². The molecule has 26 heavy (non-hydrogen) atoms. The number of nitrogens with one attached hydrogen (secondary N) is 2. The van der Waals surface area contributed by atoms with Crippen molar-refractivity contribution in [2.24, 2.45) is 0 Å². The molecule has 2 N–H and O–H groups in total. The molecule has 0 saturated carbocycles. The average molecular weight is 357 g/mol. The van der Waals surface area contributed by atoms with Crippen LogP contribution in [0.5, 0.6) is 11.5 Å². The summed E-state index contributed by atoms with van der Waals surface area (Å²) in [6.45, 7) is 3.05. The van der Waals surface area contributed by atoms with Gasteiger partial charge in [-0.25, -0.2) is 4.98 Å². The first-order valence-corrected chi connectivity index (χ1v) is 8.46. The molecule has 0 fully saturated rings. The van der Waals surface area contributed by atoms with Gasteiger partial charge in [0.2, 0.25) is 12.1 Å². The lowest BCUT2D eigenvalue weighted by Gasteiger charge is -2.25. The van der Waals surface area contributed by atoms with Crippen LogP contribution in [0.2, 0.25) is 0 Å². The van der Waals surface area contributed by atoms with Gasteiger partial charge < -0.3 is 25.0 Å². The highest BCUT2D eigenvalue weighted by atomic mass is 16.6. The van der Waals surface area contributed by atoms with Crippen LogP contribution in [0.3, 0.4) is 0 Å². The maximum Gasteiger partial charge on any atom is 0.264 e. The van der Waals surface area contributed by atoms with Crippen LogP contribution in [0.1, 0.15) is 5.69 Å². The van der Waals surface area contributed by atoms with Gasteiger partial charge in [-0.3, -0.25) is 4.79 Å². The second kappa shape index (κ2) is 7.90. The molecule has 0 radical (unpaired) electrons. The lowest BCUT2D eigenvalue weighted by atomic mass is 10.2. The van der Waals surface area contributed by atoms with E-state index in [-0.39, 0.29) is 12.5 Å². The molecule has 1 amide bonds. The zero-order chi connectivity index (χ0) is 18.5. The van der Waals surface area contributed by atoms with Gasteiger partial charge in [-0.05, 0) is 19.1 Å². The molecule has 0 saturated heterocycles. The number of benzene rings is 1. The minimum Gasteiger partial charge on any atom is -0.485 e. The number of rotatable bonds is 6. The van der Waals surface area contributed by atoms with E-state index >= 15 is 0 Å². The van der Waals surface area contributed by atoms with Crippen molar-refractivity contribution in [3.8, 4) is 11.5 Å². The number of carbonyl (C=O) groups excluding carboxylic acids is 1. The third-order valence-corrected chi connectivity index (χ3v) is 3.81. The third kappa shape index (κ3) is 4.33. The van der Waals surface area contributed by atoms with Crippen LogP contribution in [-0.2, 0) is 4.79 Å². The van der Waals surface area contributed by atoms with Crippen molar-refractivity contribution in [1.82, 2.24) is 15.3 Å². The van der Waals surface area contributed by atoms with Crippen LogP contribution in [0.4, 0.5) is 11.8 Å². The van der Waals surface area contributed by atoms with Crippen LogP contribution in [0, 0.1) is 6.92 Å². The Labute approximate surface area is 152 Å². The summed E-state index contributed by atoms with van der Waals surface area (Å²) in [4.78, 5) is 22.9. The Morgan fingerprint density at radius 3 is 2.77 bits per heavy atom. The molecule has 1 aromatic carbocycles. The predicted octanol–water partition coefficient (Wildman–Crippen LogP) is 1.22. The number of para-hydroxylation sites is 2. The first kappa shape index (κ1) is 17.8. The van der Waals surface area contributed by atoms with Crippen LogP contribution >= 0.6 is 0 Å². The van der Waals surface area contributed by atoms with Gasteiger partial charge in [0.05, 0.1) is 0 Å². The van der Waals surface area contributed by atoms with E-state index in [2.05, 4.69) is 20.6 Å². The monoisotopic (exact) mass is 357 g/mol. The van der Waals surface area contributed by atoms with Crippen molar-refractivity contribution in [2.75, 3.05) is 44.0 Å². The summed E-state index contributed by atoms with van der Waals surface area (Å²) in [5, 5.41) is 5.95. The Bertz CT molecular complexity index is 781. The van der Waals surface area contributed by atoms with Crippen molar-refractivity contribution in [1.29, 1.82) is 0 Å². The predicted molar refractivity (Wildman–Crippen MR) is 98.9 cm³/mol. The summed E-state index contributed by atoms with van der Waals surface area (Å²) in [6.07, 6.45) is -0.652. The molecule has 0 spiro atoms. The van der Waals surface area contributed by atoms with Crippen molar-refractivity contribution < 1.29 is 14.3 Å². The average Bonchev–Trinajstić information content (AvgIpc) is 2.64. The van der Waals surface area contributed by atoms with Gasteiger partial charge in [0.15, 0.2) is 11.5 Å². The Hall–Kier alpha value is -3.03. The fourth-order valence-electron chi connectivity index (χ4n) is 2.48. The summed E-state index contributed by atoms with van der Waals surface area (Å²) >= 11 is 0. The fourth-order valence-corrected chi connectivity index (χ4v) is 2.48. The smallest absolute Gasteiger partial charge is 0.264 e. The van der Waals surface area contributed by atoms with Crippen molar-refractivity contribution in [2.45, 2.75) is 13.0 Å².